The maximum atomic E-state index is 9.12. The predicted molar refractivity (Wildman–Crippen MR) is 69.1 cm³/mol. The molecule has 1 aromatic heterocycles. The van der Waals surface area contributed by atoms with Gasteiger partial charge in [-0.3, -0.25) is 4.90 Å². The van der Waals surface area contributed by atoms with Crippen LogP contribution < -0.4 is 4.90 Å². The highest BCUT2D eigenvalue weighted by atomic mass is 16.3. The molecule has 4 heteroatoms. The first kappa shape index (κ1) is 12.3. The minimum atomic E-state index is 0.00494. The lowest BCUT2D eigenvalue weighted by Crippen LogP contribution is -2.57. The Morgan fingerprint density at radius 3 is 2.76 bits per heavy atom. The van der Waals surface area contributed by atoms with Gasteiger partial charge in [0.2, 0.25) is 0 Å². The second-order valence-electron chi connectivity index (χ2n) is 5.30. The molecule has 0 aliphatic carbocycles. The molecular weight excluding hydrogens is 214 g/mol. The van der Waals surface area contributed by atoms with Gasteiger partial charge in [-0.05, 0) is 33.0 Å². The zero-order valence-corrected chi connectivity index (χ0v) is 10.8. The SMILES string of the molecule is CN1CCN(c2cccc(CO)n2)CC1(C)C. The number of likely N-dealkylation sites (N-methyl/N-ethyl adjacent to an activating group) is 1. The van der Waals surface area contributed by atoms with E-state index >= 15 is 0 Å². The third kappa shape index (κ3) is 2.58. The van der Waals surface area contributed by atoms with Gasteiger partial charge in [-0.2, -0.15) is 0 Å². The fourth-order valence-corrected chi connectivity index (χ4v) is 2.17. The number of aromatic nitrogens is 1. The largest absolute Gasteiger partial charge is 0.390 e. The molecule has 0 spiro atoms. The predicted octanol–water partition coefficient (Wildman–Crippen LogP) is 1.10. The maximum Gasteiger partial charge on any atom is 0.129 e. The van der Waals surface area contributed by atoms with Crippen LogP contribution in [0.1, 0.15) is 19.5 Å². The van der Waals surface area contributed by atoms with Crippen molar-refractivity contribution in [2.45, 2.75) is 26.0 Å². The van der Waals surface area contributed by atoms with Crippen LogP contribution in [0.2, 0.25) is 0 Å². The molecule has 1 saturated heterocycles. The Labute approximate surface area is 103 Å². The molecule has 0 saturated carbocycles. The number of nitrogens with zero attached hydrogens (tertiary/aromatic N) is 3. The van der Waals surface area contributed by atoms with E-state index in [-0.39, 0.29) is 12.1 Å². The highest BCUT2D eigenvalue weighted by Gasteiger charge is 2.31. The van der Waals surface area contributed by atoms with Gasteiger partial charge in [0.1, 0.15) is 5.82 Å². The van der Waals surface area contributed by atoms with Gasteiger partial charge in [-0.1, -0.05) is 6.07 Å². The first-order chi connectivity index (χ1) is 8.03. The van der Waals surface area contributed by atoms with Crippen molar-refractivity contribution in [3.05, 3.63) is 23.9 Å². The van der Waals surface area contributed by atoms with Crippen molar-refractivity contribution < 1.29 is 5.11 Å². The summed E-state index contributed by atoms with van der Waals surface area (Å²) in [6.07, 6.45) is 0. The van der Waals surface area contributed by atoms with Gasteiger partial charge in [0, 0.05) is 25.2 Å². The molecule has 94 valence electrons. The summed E-state index contributed by atoms with van der Waals surface area (Å²) in [5.41, 5.74) is 0.897. The average Bonchev–Trinajstić information content (AvgIpc) is 2.32. The van der Waals surface area contributed by atoms with E-state index in [2.05, 4.69) is 35.7 Å². The van der Waals surface area contributed by atoms with Gasteiger partial charge in [-0.15, -0.1) is 0 Å². The quantitative estimate of drug-likeness (QED) is 0.833. The van der Waals surface area contributed by atoms with E-state index < -0.39 is 0 Å². The average molecular weight is 235 g/mol. The lowest BCUT2D eigenvalue weighted by Gasteiger charge is -2.45. The summed E-state index contributed by atoms with van der Waals surface area (Å²) in [6, 6.07) is 5.82. The third-order valence-corrected chi connectivity index (χ3v) is 3.59. The lowest BCUT2D eigenvalue weighted by molar-refractivity contribution is 0.138. The summed E-state index contributed by atoms with van der Waals surface area (Å²) < 4.78 is 0. The second-order valence-corrected chi connectivity index (χ2v) is 5.30. The molecule has 0 bridgehead atoms. The standard InChI is InChI=1S/C13H21N3O/c1-13(2)10-16(8-7-15(13)3)12-6-4-5-11(9-17)14-12/h4-6,17H,7-10H2,1-3H3. The minimum Gasteiger partial charge on any atom is -0.390 e. The molecule has 4 nitrogen and oxygen atoms in total. The number of aliphatic hydroxyl groups excluding tert-OH is 1. The molecule has 0 atom stereocenters. The van der Waals surface area contributed by atoms with E-state index in [1.165, 1.54) is 0 Å². The number of pyridine rings is 1. The van der Waals surface area contributed by atoms with Crippen LogP contribution in [0.25, 0.3) is 0 Å². The summed E-state index contributed by atoms with van der Waals surface area (Å²) >= 11 is 0. The normalized spacial score (nSPS) is 20.6. The van der Waals surface area contributed by atoms with Crippen molar-refractivity contribution in [1.82, 2.24) is 9.88 Å². The maximum absolute atomic E-state index is 9.12. The summed E-state index contributed by atoms with van der Waals surface area (Å²) in [5.74, 6) is 0.970. The molecular formula is C13H21N3O. The molecule has 0 unspecified atom stereocenters. The van der Waals surface area contributed by atoms with Crippen LogP contribution in [-0.2, 0) is 6.61 Å². The molecule has 1 N–H and O–H groups in total. The Kier molecular flexibility index (Phi) is 3.35. The zero-order valence-electron chi connectivity index (χ0n) is 10.8. The summed E-state index contributed by atoms with van der Waals surface area (Å²) in [7, 11) is 2.16. The number of piperazine rings is 1. The fraction of sp³-hybridized carbons (Fsp3) is 0.615. The van der Waals surface area contributed by atoms with E-state index in [1.807, 2.05) is 18.2 Å². The first-order valence-corrected chi connectivity index (χ1v) is 6.06. The minimum absolute atomic E-state index is 0.00494. The Hall–Kier alpha value is -1.13. The van der Waals surface area contributed by atoms with Crippen LogP contribution in [0.5, 0.6) is 0 Å². The van der Waals surface area contributed by atoms with Crippen LogP contribution >= 0.6 is 0 Å². The molecule has 0 radical (unpaired) electrons. The van der Waals surface area contributed by atoms with Gasteiger partial charge in [-0.25, -0.2) is 4.98 Å². The molecule has 2 rings (SSSR count). The molecule has 1 aromatic rings. The monoisotopic (exact) mass is 235 g/mol. The number of hydrogen-bond donors (Lipinski definition) is 1. The second kappa shape index (κ2) is 4.63. The summed E-state index contributed by atoms with van der Waals surface area (Å²) in [5, 5.41) is 9.12. The highest BCUT2D eigenvalue weighted by Crippen LogP contribution is 2.23. The molecule has 1 aliphatic rings. The molecule has 2 heterocycles. The van der Waals surface area contributed by atoms with Crippen molar-refractivity contribution >= 4 is 5.82 Å². The van der Waals surface area contributed by atoms with Crippen molar-refractivity contribution in [1.29, 1.82) is 0 Å². The smallest absolute Gasteiger partial charge is 0.129 e. The van der Waals surface area contributed by atoms with Gasteiger partial charge in [0.05, 0.1) is 12.3 Å². The molecule has 0 aromatic carbocycles. The van der Waals surface area contributed by atoms with E-state index in [0.717, 1.165) is 31.1 Å². The van der Waals surface area contributed by atoms with Crippen molar-refractivity contribution in [2.75, 3.05) is 31.6 Å². The van der Waals surface area contributed by atoms with E-state index in [9.17, 15) is 0 Å². The van der Waals surface area contributed by atoms with Crippen LogP contribution in [-0.4, -0.2) is 47.2 Å². The van der Waals surface area contributed by atoms with E-state index in [0.29, 0.717) is 0 Å². The van der Waals surface area contributed by atoms with Crippen molar-refractivity contribution in [2.24, 2.45) is 0 Å². The van der Waals surface area contributed by atoms with E-state index in [1.54, 1.807) is 0 Å². The number of anilines is 1. The topological polar surface area (TPSA) is 39.6 Å². The molecule has 1 fully saturated rings. The van der Waals surface area contributed by atoms with Gasteiger partial charge < -0.3 is 10.0 Å². The van der Waals surface area contributed by atoms with Crippen LogP contribution in [0.4, 0.5) is 5.82 Å². The highest BCUT2D eigenvalue weighted by molar-refractivity contribution is 5.40. The Balaban J connectivity index is 2.17. The Morgan fingerprint density at radius 1 is 1.35 bits per heavy atom. The molecule has 17 heavy (non-hydrogen) atoms. The Morgan fingerprint density at radius 2 is 2.12 bits per heavy atom. The zero-order chi connectivity index (χ0) is 12.5. The fourth-order valence-electron chi connectivity index (χ4n) is 2.17. The number of hydrogen-bond acceptors (Lipinski definition) is 4. The lowest BCUT2D eigenvalue weighted by atomic mass is 10.00. The molecule has 0 amide bonds. The van der Waals surface area contributed by atoms with Gasteiger partial charge in [0.25, 0.3) is 0 Å². The summed E-state index contributed by atoms with van der Waals surface area (Å²) in [6.45, 7) is 7.49. The van der Waals surface area contributed by atoms with Gasteiger partial charge in [0.15, 0.2) is 0 Å². The van der Waals surface area contributed by atoms with Crippen LogP contribution in [0.3, 0.4) is 0 Å². The van der Waals surface area contributed by atoms with Crippen LogP contribution in [0.15, 0.2) is 18.2 Å². The van der Waals surface area contributed by atoms with Crippen molar-refractivity contribution in [3.63, 3.8) is 0 Å². The van der Waals surface area contributed by atoms with E-state index in [4.69, 9.17) is 5.11 Å². The number of aliphatic hydroxyl groups is 1. The van der Waals surface area contributed by atoms with Crippen LogP contribution in [0, 0.1) is 0 Å². The first-order valence-electron chi connectivity index (χ1n) is 6.06. The summed E-state index contributed by atoms with van der Waals surface area (Å²) in [4.78, 5) is 9.13. The molecule has 1 aliphatic heterocycles. The number of rotatable bonds is 2. The third-order valence-electron chi connectivity index (χ3n) is 3.59. The van der Waals surface area contributed by atoms with Gasteiger partial charge >= 0.3 is 0 Å². The Bertz CT molecular complexity index is 392. The van der Waals surface area contributed by atoms with Crippen molar-refractivity contribution in [3.8, 4) is 0 Å².